The van der Waals surface area contributed by atoms with Gasteiger partial charge >= 0.3 is 0 Å². The van der Waals surface area contributed by atoms with Crippen LogP contribution in [0.2, 0.25) is 0 Å². The van der Waals surface area contributed by atoms with Crippen LogP contribution >= 0.6 is 0 Å². The molecule has 0 radical (unpaired) electrons. The van der Waals surface area contributed by atoms with E-state index in [-0.39, 0.29) is 11.8 Å². The molecule has 0 aliphatic heterocycles. The van der Waals surface area contributed by atoms with Crippen molar-refractivity contribution >= 4 is 17.4 Å². The molecule has 2 rings (SSSR count). The molecule has 0 unspecified atom stereocenters. The molecule has 0 spiro atoms. The number of nitrogens with zero attached hydrogens (tertiary/aromatic N) is 1. The first-order valence-electron chi connectivity index (χ1n) is 7.16. The fraction of sp³-hybridized carbons (Fsp3) is 0.600. The molecule has 2 N–H and O–H groups in total. The fourth-order valence-corrected chi connectivity index (χ4v) is 1.98. The monoisotopic (exact) mass is 261 g/mol. The van der Waals surface area contributed by atoms with Crippen LogP contribution in [-0.4, -0.2) is 17.4 Å². The van der Waals surface area contributed by atoms with Crippen molar-refractivity contribution in [1.82, 2.24) is 4.98 Å². The molecule has 0 saturated heterocycles. The van der Waals surface area contributed by atoms with Crippen molar-refractivity contribution in [3.05, 3.63) is 18.3 Å². The van der Waals surface area contributed by atoms with Gasteiger partial charge in [0.25, 0.3) is 0 Å². The van der Waals surface area contributed by atoms with Crippen molar-refractivity contribution in [2.24, 2.45) is 11.8 Å². The second-order valence-electron chi connectivity index (χ2n) is 5.66. The molecule has 0 aromatic carbocycles. The summed E-state index contributed by atoms with van der Waals surface area (Å²) in [6, 6.07) is 3.82. The molecule has 19 heavy (non-hydrogen) atoms. The first-order chi connectivity index (χ1) is 9.15. The van der Waals surface area contributed by atoms with Gasteiger partial charge in [-0.2, -0.15) is 0 Å². The number of hydrogen-bond acceptors (Lipinski definition) is 3. The molecule has 1 aromatic rings. The van der Waals surface area contributed by atoms with Crippen LogP contribution in [0, 0.1) is 11.8 Å². The normalized spacial score (nSPS) is 15.1. The predicted octanol–water partition coefficient (Wildman–Crippen LogP) is 3.28. The SMILES string of the molecule is CC(C)CCNc1ccc(NC(=O)C2CCC2)cn1. The highest BCUT2D eigenvalue weighted by molar-refractivity contribution is 5.92. The summed E-state index contributed by atoms with van der Waals surface area (Å²) >= 11 is 0. The Hall–Kier alpha value is -1.58. The summed E-state index contributed by atoms with van der Waals surface area (Å²) in [4.78, 5) is 16.1. The topological polar surface area (TPSA) is 54.0 Å². The number of pyridine rings is 1. The number of carbonyl (C=O) groups excluding carboxylic acids is 1. The molecule has 4 nitrogen and oxygen atoms in total. The molecule has 0 atom stereocenters. The van der Waals surface area contributed by atoms with Crippen molar-refractivity contribution in [2.75, 3.05) is 17.2 Å². The Morgan fingerprint density at radius 1 is 1.42 bits per heavy atom. The van der Waals surface area contributed by atoms with E-state index in [1.54, 1.807) is 6.20 Å². The number of hydrogen-bond donors (Lipinski definition) is 2. The van der Waals surface area contributed by atoms with Crippen LogP contribution in [0.1, 0.15) is 39.5 Å². The van der Waals surface area contributed by atoms with Crippen molar-refractivity contribution < 1.29 is 4.79 Å². The maximum absolute atomic E-state index is 11.8. The van der Waals surface area contributed by atoms with Crippen molar-refractivity contribution in [2.45, 2.75) is 39.5 Å². The Labute approximate surface area is 115 Å². The lowest BCUT2D eigenvalue weighted by Gasteiger charge is -2.23. The molecule has 0 bridgehead atoms. The summed E-state index contributed by atoms with van der Waals surface area (Å²) in [5.41, 5.74) is 0.784. The van der Waals surface area contributed by atoms with Crippen molar-refractivity contribution in [3.8, 4) is 0 Å². The maximum atomic E-state index is 11.8. The maximum Gasteiger partial charge on any atom is 0.227 e. The van der Waals surface area contributed by atoms with Crippen LogP contribution in [0.15, 0.2) is 18.3 Å². The lowest BCUT2D eigenvalue weighted by Crippen LogP contribution is -2.28. The number of rotatable bonds is 6. The van der Waals surface area contributed by atoms with Gasteiger partial charge in [-0.25, -0.2) is 4.98 Å². The summed E-state index contributed by atoms with van der Waals surface area (Å²) in [6.45, 7) is 5.33. The van der Waals surface area contributed by atoms with Gasteiger partial charge in [0.05, 0.1) is 11.9 Å². The molecule has 1 aromatic heterocycles. The average Bonchev–Trinajstić information content (AvgIpc) is 2.28. The molecule has 104 valence electrons. The van der Waals surface area contributed by atoms with Gasteiger partial charge in [0.15, 0.2) is 0 Å². The summed E-state index contributed by atoms with van der Waals surface area (Å²) in [7, 11) is 0. The predicted molar refractivity (Wildman–Crippen MR) is 78.2 cm³/mol. The van der Waals surface area contributed by atoms with Crippen LogP contribution in [0.4, 0.5) is 11.5 Å². The van der Waals surface area contributed by atoms with E-state index in [4.69, 9.17) is 0 Å². The Balaban J connectivity index is 1.78. The van der Waals surface area contributed by atoms with E-state index in [2.05, 4.69) is 29.5 Å². The van der Waals surface area contributed by atoms with Crippen molar-refractivity contribution in [1.29, 1.82) is 0 Å². The Morgan fingerprint density at radius 3 is 2.74 bits per heavy atom. The van der Waals surface area contributed by atoms with Crippen LogP contribution in [0.3, 0.4) is 0 Å². The second kappa shape index (κ2) is 6.55. The van der Waals surface area contributed by atoms with Gasteiger partial charge in [0, 0.05) is 12.5 Å². The van der Waals surface area contributed by atoms with Gasteiger partial charge in [-0.15, -0.1) is 0 Å². The third-order valence-corrected chi connectivity index (χ3v) is 3.53. The van der Waals surface area contributed by atoms with Gasteiger partial charge in [-0.3, -0.25) is 4.79 Å². The molecule has 1 heterocycles. The summed E-state index contributed by atoms with van der Waals surface area (Å²) in [6.07, 6.45) is 6.06. The molecular formula is C15H23N3O. The van der Waals surface area contributed by atoms with Gasteiger partial charge < -0.3 is 10.6 Å². The van der Waals surface area contributed by atoms with Crippen LogP contribution in [0.5, 0.6) is 0 Å². The minimum Gasteiger partial charge on any atom is -0.370 e. The highest BCUT2D eigenvalue weighted by Crippen LogP contribution is 2.27. The van der Waals surface area contributed by atoms with Crippen LogP contribution in [-0.2, 0) is 4.79 Å². The lowest BCUT2D eigenvalue weighted by atomic mass is 9.85. The minimum atomic E-state index is 0.133. The zero-order valence-electron chi connectivity index (χ0n) is 11.8. The zero-order valence-corrected chi connectivity index (χ0v) is 11.8. The van der Waals surface area contributed by atoms with Crippen LogP contribution < -0.4 is 10.6 Å². The zero-order chi connectivity index (χ0) is 13.7. The summed E-state index contributed by atoms with van der Waals surface area (Å²) in [5.74, 6) is 1.90. The molecule has 1 fully saturated rings. The summed E-state index contributed by atoms with van der Waals surface area (Å²) < 4.78 is 0. The van der Waals surface area contributed by atoms with E-state index in [1.807, 2.05) is 12.1 Å². The van der Waals surface area contributed by atoms with Crippen molar-refractivity contribution in [3.63, 3.8) is 0 Å². The number of anilines is 2. The van der Waals surface area contributed by atoms with Gasteiger partial charge in [0.1, 0.15) is 5.82 Å². The minimum absolute atomic E-state index is 0.133. The van der Waals surface area contributed by atoms with E-state index < -0.39 is 0 Å². The van der Waals surface area contributed by atoms with E-state index in [9.17, 15) is 4.79 Å². The highest BCUT2D eigenvalue weighted by Gasteiger charge is 2.25. The Morgan fingerprint density at radius 2 is 2.21 bits per heavy atom. The third-order valence-electron chi connectivity index (χ3n) is 3.53. The molecule has 1 saturated carbocycles. The van der Waals surface area contributed by atoms with E-state index in [0.29, 0.717) is 5.92 Å². The number of aromatic nitrogens is 1. The Bertz CT molecular complexity index is 410. The smallest absolute Gasteiger partial charge is 0.227 e. The molecule has 4 heteroatoms. The third kappa shape index (κ3) is 4.23. The van der Waals surface area contributed by atoms with E-state index >= 15 is 0 Å². The Kier molecular flexibility index (Phi) is 4.77. The van der Waals surface area contributed by atoms with Crippen LogP contribution in [0.25, 0.3) is 0 Å². The molecule has 1 amide bonds. The van der Waals surface area contributed by atoms with E-state index in [0.717, 1.165) is 37.3 Å². The van der Waals surface area contributed by atoms with Gasteiger partial charge in [-0.1, -0.05) is 20.3 Å². The molecular weight excluding hydrogens is 238 g/mol. The molecule has 1 aliphatic carbocycles. The first-order valence-corrected chi connectivity index (χ1v) is 7.16. The standard InChI is InChI=1S/C15H23N3O/c1-11(2)8-9-16-14-7-6-13(10-17-14)18-15(19)12-4-3-5-12/h6-7,10-12H,3-5,8-9H2,1-2H3,(H,16,17)(H,18,19). The number of amides is 1. The van der Waals surface area contributed by atoms with Gasteiger partial charge in [-0.05, 0) is 37.3 Å². The average molecular weight is 261 g/mol. The largest absolute Gasteiger partial charge is 0.370 e. The quantitative estimate of drug-likeness (QED) is 0.826. The fourth-order valence-electron chi connectivity index (χ4n) is 1.98. The number of nitrogens with one attached hydrogen (secondary N) is 2. The number of carbonyl (C=O) groups is 1. The molecule has 1 aliphatic rings. The first kappa shape index (κ1) is 13.8. The summed E-state index contributed by atoms with van der Waals surface area (Å²) in [5, 5.41) is 6.19. The van der Waals surface area contributed by atoms with Gasteiger partial charge in [0.2, 0.25) is 5.91 Å². The lowest BCUT2D eigenvalue weighted by molar-refractivity contribution is -0.122. The van der Waals surface area contributed by atoms with E-state index in [1.165, 1.54) is 6.42 Å². The highest BCUT2D eigenvalue weighted by atomic mass is 16.1. The second-order valence-corrected chi connectivity index (χ2v) is 5.66.